The SMILES string of the molecule is C(=Nc1ccccc1)=Nc1ccco1. The summed E-state index contributed by atoms with van der Waals surface area (Å²) < 4.78 is 4.98. The van der Waals surface area contributed by atoms with E-state index in [2.05, 4.69) is 16.0 Å². The quantitative estimate of drug-likeness (QED) is 0.659. The zero-order chi connectivity index (χ0) is 9.64. The van der Waals surface area contributed by atoms with E-state index in [1.165, 1.54) is 0 Å². The highest BCUT2D eigenvalue weighted by atomic mass is 16.3. The van der Waals surface area contributed by atoms with Crippen LogP contribution < -0.4 is 0 Å². The third kappa shape index (κ3) is 2.19. The normalized spacial score (nSPS) is 9.14. The van der Waals surface area contributed by atoms with Gasteiger partial charge in [-0.05, 0) is 18.2 Å². The summed E-state index contributed by atoms with van der Waals surface area (Å²) in [6, 6.07) is 15.6. The minimum Gasteiger partial charge on any atom is -0.446 e. The van der Waals surface area contributed by atoms with Crippen molar-refractivity contribution in [1.82, 2.24) is 0 Å². The largest absolute Gasteiger partial charge is 0.446 e. The fourth-order valence-corrected chi connectivity index (χ4v) is 0.968. The molecule has 1 aromatic carbocycles. The van der Waals surface area contributed by atoms with Crippen molar-refractivity contribution in [3.63, 3.8) is 0 Å². The molecule has 0 saturated carbocycles. The van der Waals surface area contributed by atoms with Gasteiger partial charge in [0.15, 0.2) is 0 Å². The highest BCUT2D eigenvalue weighted by Crippen LogP contribution is 2.11. The molecule has 1 aromatic heterocycles. The molecule has 0 radical (unpaired) electrons. The maximum atomic E-state index is 4.98. The van der Waals surface area contributed by atoms with Crippen molar-refractivity contribution in [1.29, 1.82) is 0 Å². The fraction of sp³-hybridized carbons (Fsp3) is 0. The Morgan fingerprint density at radius 2 is 1.79 bits per heavy atom. The lowest BCUT2D eigenvalue weighted by atomic mass is 10.3. The van der Waals surface area contributed by atoms with E-state index in [4.69, 9.17) is 4.42 Å². The van der Waals surface area contributed by atoms with Gasteiger partial charge >= 0.3 is 0 Å². The lowest BCUT2D eigenvalue weighted by molar-refractivity contribution is 0.578. The molecule has 1 heterocycles. The molecular formula is C11H8N2O. The molecule has 0 aliphatic heterocycles. The predicted molar refractivity (Wildman–Crippen MR) is 54.3 cm³/mol. The molecule has 0 aliphatic carbocycles. The molecule has 0 atom stereocenters. The number of furan rings is 1. The lowest BCUT2D eigenvalue weighted by Crippen LogP contribution is -1.61. The van der Waals surface area contributed by atoms with Gasteiger partial charge in [-0.25, -0.2) is 0 Å². The van der Waals surface area contributed by atoms with E-state index >= 15 is 0 Å². The van der Waals surface area contributed by atoms with E-state index in [0.717, 1.165) is 5.69 Å². The molecule has 0 fully saturated rings. The topological polar surface area (TPSA) is 37.9 Å². The minimum absolute atomic E-state index is 0.504. The zero-order valence-electron chi connectivity index (χ0n) is 7.42. The number of para-hydroxylation sites is 1. The van der Waals surface area contributed by atoms with E-state index < -0.39 is 0 Å². The molecule has 14 heavy (non-hydrogen) atoms. The van der Waals surface area contributed by atoms with Crippen LogP contribution in [0.25, 0.3) is 0 Å². The number of nitrogens with zero attached hydrogens (tertiary/aromatic N) is 2. The molecule has 3 nitrogen and oxygen atoms in total. The van der Waals surface area contributed by atoms with Crippen LogP contribution in [0.15, 0.2) is 63.1 Å². The standard InChI is InChI=1S/C11H8N2O/c1-2-5-10(6-3-1)12-9-13-11-7-4-8-14-11/h1-8H. The van der Waals surface area contributed by atoms with Crippen molar-refractivity contribution in [2.24, 2.45) is 9.98 Å². The molecule has 0 amide bonds. The van der Waals surface area contributed by atoms with Gasteiger partial charge in [0.1, 0.15) is 6.01 Å². The molecule has 3 heteroatoms. The van der Waals surface area contributed by atoms with Crippen LogP contribution in [0.1, 0.15) is 0 Å². The van der Waals surface area contributed by atoms with Gasteiger partial charge < -0.3 is 4.42 Å². The molecule has 0 aliphatic rings. The molecule has 0 spiro atoms. The molecule has 0 unspecified atom stereocenters. The van der Waals surface area contributed by atoms with Gasteiger partial charge in [0, 0.05) is 6.07 Å². The summed E-state index contributed by atoms with van der Waals surface area (Å²) in [6.45, 7) is 0. The Balaban J connectivity index is 2.15. The molecule has 0 N–H and O–H groups in total. The summed E-state index contributed by atoms with van der Waals surface area (Å²) >= 11 is 0. The number of hydrogen-bond donors (Lipinski definition) is 0. The Morgan fingerprint density at radius 3 is 2.50 bits per heavy atom. The highest BCUT2D eigenvalue weighted by molar-refractivity contribution is 5.55. The van der Waals surface area contributed by atoms with Crippen molar-refractivity contribution in [2.45, 2.75) is 0 Å². The molecule has 0 saturated heterocycles. The lowest BCUT2D eigenvalue weighted by Gasteiger charge is -1.85. The first kappa shape index (κ1) is 8.48. The Hall–Kier alpha value is -2.12. The number of aliphatic imine (C=N–C) groups is 2. The number of benzene rings is 1. The Labute approximate surface area is 81.4 Å². The van der Waals surface area contributed by atoms with Gasteiger partial charge in [-0.2, -0.15) is 4.99 Å². The smallest absolute Gasteiger partial charge is 0.228 e. The van der Waals surface area contributed by atoms with Crippen LogP contribution in [-0.2, 0) is 0 Å². The Bertz CT molecular complexity index is 439. The van der Waals surface area contributed by atoms with Crippen molar-refractivity contribution in [3.05, 3.63) is 48.7 Å². The van der Waals surface area contributed by atoms with Gasteiger partial charge in [0.05, 0.1) is 12.0 Å². The molecule has 68 valence electrons. The van der Waals surface area contributed by atoms with E-state index in [1.807, 2.05) is 30.3 Å². The first-order chi connectivity index (χ1) is 6.95. The van der Waals surface area contributed by atoms with E-state index in [9.17, 15) is 0 Å². The molecule has 0 bridgehead atoms. The Morgan fingerprint density at radius 1 is 0.929 bits per heavy atom. The second kappa shape index (κ2) is 4.21. The fourth-order valence-electron chi connectivity index (χ4n) is 0.968. The summed E-state index contributed by atoms with van der Waals surface area (Å²) in [5, 5.41) is 0. The van der Waals surface area contributed by atoms with E-state index in [0.29, 0.717) is 5.88 Å². The van der Waals surface area contributed by atoms with E-state index in [-0.39, 0.29) is 0 Å². The van der Waals surface area contributed by atoms with Gasteiger partial charge in [-0.15, -0.1) is 4.99 Å². The average Bonchev–Trinajstić information content (AvgIpc) is 2.72. The summed E-state index contributed by atoms with van der Waals surface area (Å²) in [5.74, 6) is 0.504. The summed E-state index contributed by atoms with van der Waals surface area (Å²) in [6.07, 6.45) is 1.56. The maximum Gasteiger partial charge on any atom is 0.228 e. The molecule has 2 rings (SSSR count). The van der Waals surface area contributed by atoms with Gasteiger partial charge in [-0.3, -0.25) is 0 Å². The van der Waals surface area contributed by atoms with Gasteiger partial charge in [0.2, 0.25) is 5.88 Å². The van der Waals surface area contributed by atoms with Crippen molar-refractivity contribution < 1.29 is 4.42 Å². The van der Waals surface area contributed by atoms with Crippen LogP contribution in [-0.4, -0.2) is 6.01 Å². The van der Waals surface area contributed by atoms with Crippen LogP contribution >= 0.6 is 0 Å². The van der Waals surface area contributed by atoms with Crippen molar-refractivity contribution >= 4 is 17.6 Å². The highest BCUT2D eigenvalue weighted by Gasteiger charge is 1.86. The first-order valence-electron chi connectivity index (χ1n) is 4.20. The summed E-state index contributed by atoms with van der Waals surface area (Å²) in [4.78, 5) is 7.88. The predicted octanol–water partition coefficient (Wildman–Crippen LogP) is 3.42. The minimum atomic E-state index is 0.504. The molecule has 2 aromatic rings. The van der Waals surface area contributed by atoms with Gasteiger partial charge in [-0.1, -0.05) is 18.2 Å². The van der Waals surface area contributed by atoms with Crippen LogP contribution in [0.4, 0.5) is 11.6 Å². The summed E-state index contributed by atoms with van der Waals surface area (Å²) in [7, 11) is 0. The second-order valence-corrected chi connectivity index (χ2v) is 2.61. The van der Waals surface area contributed by atoms with Crippen LogP contribution in [0.5, 0.6) is 0 Å². The van der Waals surface area contributed by atoms with E-state index in [1.54, 1.807) is 18.4 Å². The third-order valence-corrected chi connectivity index (χ3v) is 1.60. The number of hydrogen-bond acceptors (Lipinski definition) is 3. The Kier molecular flexibility index (Phi) is 2.55. The summed E-state index contributed by atoms with van der Waals surface area (Å²) in [5.41, 5.74) is 0.822. The molecular weight excluding hydrogens is 176 g/mol. The van der Waals surface area contributed by atoms with Gasteiger partial charge in [0.25, 0.3) is 0 Å². The average molecular weight is 184 g/mol. The van der Waals surface area contributed by atoms with Crippen molar-refractivity contribution in [2.75, 3.05) is 0 Å². The van der Waals surface area contributed by atoms with Crippen LogP contribution in [0, 0.1) is 0 Å². The maximum absolute atomic E-state index is 4.98. The monoisotopic (exact) mass is 184 g/mol. The van der Waals surface area contributed by atoms with Crippen LogP contribution in [0.3, 0.4) is 0 Å². The van der Waals surface area contributed by atoms with Crippen LogP contribution in [0.2, 0.25) is 0 Å². The zero-order valence-corrected chi connectivity index (χ0v) is 7.42. The van der Waals surface area contributed by atoms with Crippen molar-refractivity contribution in [3.8, 4) is 0 Å². The second-order valence-electron chi connectivity index (χ2n) is 2.61. The first-order valence-corrected chi connectivity index (χ1v) is 4.20. The number of rotatable bonds is 2. The third-order valence-electron chi connectivity index (χ3n) is 1.60.